The lowest BCUT2D eigenvalue weighted by atomic mass is 10.2. The Morgan fingerprint density at radius 3 is 2.65 bits per heavy atom. The molecule has 6 heteroatoms. The van der Waals surface area contributed by atoms with E-state index in [9.17, 15) is 5.11 Å². The van der Waals surface area contributed by atoms with Gasteiger partial charge in [0, 0.05) is 17.1 Å². The number of aliphatic hydroxyl groups is 1. The molecular weight excluding hydrogens is 299 g/mol. The van der Waals surface area contributed by atoms with Crippen LogP contribution in [0.15, 0.2) is 24.4 Å². The molecule has 0 saturated heterocycles. The maximum Gasteiger partial charge on any atom is 0.228 e. The Bertz CT molecular complexity index is 618. The zero-order chi connectivity index (χ0) is 14.7. The summed E-state index contributed by atoms with van der Waals surface area (Å²) >= 11 is 11.9. The van der Waals surface area contributed by atoms with Crippen LogP contribution in [0.3, 0.4) is 0 Å². The van der Waals surface area contributed by atoms with Gasteiger partial charge in [-0.3, -0.25) is 0 Å². The monoisotopic (exact) mass is 312 g/mol. The number of nitrogens with zero attached hydrogens (tertiary/aromatic N) is 2. The fraction of sp³-hybridized carbons (Fsp3) is 0.286. The standard InChI is InChI=1S/C14H14Cl2N2O2/c1-8(2)13-17-6-9(7-19)14(18-13)20-12-4-3-10(15)5-11(12)16/h3-6,8,19H,7H2,1-2H3. The Hall–Kier alpha value is -1.36. The van der Waals surface area contributed by atoms with Crippen LogP contribution >= 0.6 is 23.2 Å². The van der Waals surface area contributed by atoms with Gasteiger partial charge in [-0.1, -0.05) is 37.0 Å². The third-order valence-electron chi connectivity index (χ3n) is 2.63. The minimum Gasteiger partial charge on any atom is -0.437 e. The zero-order valence-electron chi connectivity index (χ0n) is 11.1. The first-order valence-electron chi connectivity index (χ1n) is 6.11. The van der Waals surface area contributed by atoms with E-state index in [1.807, 2.05) is 13.8 Å². The average Bonchev–Trinajstić information content (AvgIpc) is 2.41. The van der Waals surface area contributed by atoms with Crippen molar-refractivity contribution in [1.82, 2.24) is 9.97 Å². The molecule has 2 aromatic rings. The van der Waals surface area contributed by atoms with Gasteiger partial charge in [-0.05, 0) is 18.2 Å². The van der Waals surface area contributed by atoms with E-state index in [0.717, 1.165) is 0 Å². The molecule has 0 aliphatic carbocycles. The van der Waals surface area contributed by atoms with Gasteiger partial charge in [-0.25, -0.2) is 4.98 Å². The lowest BCUT2D eigenvalue weighted by Crippen LogP contribution is -2.03. The second-order valence-electron chi connectivity index (χ2n) is 4.55. The van der Waals surface area contributed by atoms with Crippen LogP contribution in [-0.2, 0) is 6.61 Å². The molecule has 0 unspecified atom stereocenters. The molecule has 1 aromatic heterocycles. The molecule has 0 bridgehead atoms. The number of hydrogen-bond acceptors (Lipinski definition) is 4. The van der Waals surface area contributed by atoms with Crippen molar-refractivity contribution in [3.63, 3.8) is 0 Å². The Labute approximate surface area is 127 Å². The van der Waals surface area contributed by atoms with E-state index >= 15 is 0 Å². The third-order valence-corrected chi connectivity index (χ3v) is 3.16. The Balaban J connectivity index is 2.38. The fourth-order valence-electron chi connectivity index (χ4n) is 1.54. The minimum absolute atomic E-state index is 0.158. The number of aliphatic hydroxyl groups excluding tert-OH is 1. The zero-order valence-corrected chi connectivity index (χ0v) is 12.6. The van der Waals surface area contributed by atoms with Crippen LogP contribution in [0.4, 0.5) is 0 Å². The van der Waals surface area contributed by atoms with Crippen LogP contribution in [0.2, 0.25) is 10.0 Å². The maximum atomic E-state index is 9.33. The number of benzene rings is 1. The molecule has 0 aliphatic rings. The normalized spacial score (nSPS) is 10.9. The van der Waals surface area contributed by atoms with E-state index in [1.54, 1.807) is 24.4 Å². The molecule has 0 saturated carbocycles. The van der Waals surface area contributed by atoms with Crippen LogP contribution in [0.25, 0.3) is 0 Å². The molecular formula is C14H14Cl2N2O2. The summed E-state index contributed by atoms with van der Waals surface area (Å²) < 4.78 is 5.68. The van der Waals surface area contributed by atoms with Gasteiger partial charge in [0.1, 0.15) is 11.6 Å². The quantitative estimate of drug-likeness (QED) is 0.919. The molecule has 1 heterocycles. The highest BCUT2D eigenvalue weighted by atomic mass is 35.5. The van der Waals surface area contributed by atoms with Crippen LogP contribution in [0, 0.1) is 0 Å². The fourth-order valence-corrected chi connectivity index (χ4v) is 1.99. The van der Waals surface area contributed by atoms with Gasteiger partial charge < -0.3 is 9.84 Å². The second-order valence-corrected chi connectivity index (χ2v) is 5.39. The van der Waals surface area contributed by atoms with Gasteiger partial charge in [0.05, 0.1) is 17.2 Å². The molecule has 0 amide bonds. The summed E-state index contributed by atoms with van der Waals surface area (Å²) in [5.41, 5.74) is 0.500. The highest BCUT2D eigenvalue weighted by molar-refractivity contribution is 6.35. The maximum absolute atomic E-state index is 9.33. The highest BCUT2D eigenvalue weighted by Crippen LogP contribution is 2.32. The van der Waals surface area contributed by atoms with Crippen LogP contribution in [0.5, 0.6) is 11.6 Å². The number of halogens is 2. The summed E-state index contributed by atoms with van der Waals surface area (Å²) in [7, 11) is 0. The largest absolute Gasteiger partial charge is 0.437 e. The number of rotatable bonds is 4. The molecule has 0 spiro atoms. The SMILES string of the molecule is CC(C)c1ncc(CO)c(Oc2ccc(Cl)cc2Cl)n1. The van der Waals surface area contributed by atoms with E-state index in [0.29, 0.717) is 33.1 Å². The first-order chi connectivity index (χ1) is 9.51. The van der Waals surface area contributed by atoms with E-state index in [1.165, 1.54) is 0 Å². The van der Waals surface area contributed by atoms with Gasteiger partial charge in [0.15, 0.2) is 0 Å². The molecule has 0 aliphatic heterocycles. The first kappa shape index (κ1) is 15.0. The van der Waals surface area contributed by atoms with Gasteiger partial charge in [-0.2, -0.15) is 4.98 Å². The smallest absolute Gasteiger partial charge is 0.228 e. The van der Waals surface area contributed by atoms with Crippen molar-refractivity contribution in [3.8, 4) is 11.6 Å². The molecule has 1 aromatic carbocycles. The number of ether oxygens (including phenoxy) is 1. The summed E-state index contributed by atoms with van der Waals surface area (Å²) in [4.78, 5) is 8.50. The van der Waals surface area contributed by atoms with Crippen molar-refractivity contribution >= 4 is 23.2 Å². The van der Waals surface area contributed by atoms with Gasteiger partial charge in [0.2, 0.25) is 5.88 Å². The Morgan fingerprint density at radius 1 is 1.30 bits per heavy atom. The topological polar surface area (TPSA) is 55.2 Å². The lowest BCUT2D eigenvalue weighted by molar-refractivity contribution is 0.274. The van der Waals surface area contributed by atoms with Gasteiger partial charge in [0.25, 0.3) is 0 Å². The highest BCUT2D eigenvalue weighted by Gasteiger charge is 2.13. The predicted molar refractivity (Wildman–Crippen MR) is 78.6 cm³/mol. The summed E-state index contributed by atoms with van der Waals surface area (Å²) in [6.45, 7) is 3.75. The third kappa shape index (κ3) is 3.39. The van der Waals surface area contributed by atoms with Crippen molar-refractivity contribution in [2.75, 3.05) is 0 Å². The van der Waals surface area contributed by atoms with Gasteiger partial charge in [-0.15, -0.1) is 0 Å². The number of hydrogen-bond donors (Lipinski definition) is 1. The molecule has 106 valence electrons. The molecule has 1 N–H and O–H groups in total. The molecule has 0 radical (unpaired) electrons. The Kier molecular flexibility index (Phi) is 4.81. The van der Waals surface area contributed by atoms with Gasteiger partial charge >= 0.3 is 0 Å². The van der Waals surface area contributed by atoms with Crippen molar-refractivity contribution < 1.29 is 9.84 Å². The lowest BCUT2D eigenvalue weighted by Gasteiger charge is -2.12. The first-order valence-corrected chi connectivity index (χ1v) is 6.86. The van der Waals surface area contributed by atoms with Crippen LogP contribution < -0.4 is 4.74 Å². The van der Waals surface area contributed by atoms with E-state index in [-0.39, 0.29) is 12.5 Å². The summed E-state index contributed by atoms with van der Waals surface area (Å²) in [6.07, 6.45) is 1.56. The summed E-state index contributed by atoms with van der Waals surface area (Å²) in [6, 6.07) is 4.91. The molecule has 4 nitrogen and oxygen atoms in total. The molecule has 0 atom stereocenters. The molecule has 0 fully saturated rings. The summed E-state index contributed by atoms with van der Waals surface area (Å²) in [5, 5.41) is 10.2. The number of aromatic nitrogens is 2. The molecule has 2 rings (SSSR count). The van der Waals surface area contributed by atoms with Crippen molar-refractivity contribution in [2.45, 2.75) is 26.4 Å². The second kappa shape index (κ2) is 6.39. The van der Waals surface area contributed by atoms with E-state index < -0.39 is 0 Å². The summed E-state index contributed by atoms with van der Waals surface area (Å²) in [5.74, 6) is 1.53. The van der Waals surface area contributed by atoms with Crippen molar-refractivity contribution in [3.05, 3.63) is 45.8 Å². The van der Waals surface area contributed by atoms with Crippen molar-refractivity contribution in [1.29, 1.82) is 0 Å². The van der Waals surface area contributed by atoms with Crippen molar-refractivity contribution in [2.24, 2.45) is 0 Å². The average molecular weight is 313 g/mol. The van der Waals surface area contributed by atoms with Crippen LogP contribution in [-0.4, -0.2) is 15.1 Å². The minimum atomic E-state index is -0.209. The molecule has 20 heavy (non-hydrogen) atoms. The van der Waals surface area contributed by atoms with E-state index in [2.05, 4.69) is 9.97 Å². The van der Waals surface area contributed by atoms with E-state index in [4.69, 9.17) is 27.9 Å². The van der Waals surface area contributed by atoms with Crippen LogP contribution in [0.1, 0.15) is 31.2 Å². The predicted octanol–water partition coefficient (Wildman–Crippen LogP) is 4.19. The Morgan fingerprint density at radius 2 is 2.05 bits per heavy atom.